The minimum Gasteiger partial charge on any atom is -0.308 e. The Kier molecular flexibility index (Phi) is 4.74. The predicted octanol–water partition coefficient (Wildman–Crippen LogP) is 4.03. The molecule has 0 saturated carbocycles. The molecule has 0 radical (unpaired) electrons. The largest absolute Gasteiger partial charge is 0.308 e. The van der Waals surface area contributed by atoms with Gasteiger partial charge in [0.15, 0.2) is 5.16 Å². The van der Waals surface area contributed by atoms with Gasteiger partial charge in [0, 0.05) is 11.7 Å². The Morgan fingerprint density at radius 3 is 2.63 bits per heavy atom. The zero-order valence-electron chi connectivity index (χ0n) is 15.7. The Balaban J connectivity index is 1.57. The van der Waals surface area contributed by atoms with E-state index in [0.29, 0.717) is 0 Å². The summed E-state index contributed by atoms with van der Waals surface area (Å²) in [5.74, 6) is 0.108. The zero-order chi connectivity index (χ0) is 19.0. The van der Waals surface area contributed by atoms with Gasteiger partial charge in [0.05, 0.1) is 10.9 Å². The van der Waals surface area contributed by atoms with Crippen molar-refractivity contribution in [2.45, 2.75) is 43.6 Å². The van der Waals surface area contributed by atoms with E-state index in [1.165, 1.54) is 17.3 Å². The van der Waals surface area contributed by atoms with Crippen molar-refractivity contribution in [3.8, 4) is 5.69 Å². The van der Waals surface area contributed by atoms with Gasteiger partial charge < -0.3 is 4.90 Å². The molecule has 1 aliphatic rings. The van der Waals surface area contributed by atoms with E-state index in [2.05, 4.69) is 36.2 Å². The number of nitrogens with zero attached hydrogens (tertiary/aromatic N) is 4. The number of carbonyl (C=O) groups is 1. The predicted molar refractivity (Wildman–Crippen MR) is 109 cm³/mol. The number of fused-ring (bicyclic) bond motifs is 1. The van der Waals surface area contributed by atoms with Crippen molar-refractivity contribution in [2.75, 3.05) is 4.90 Å². The average molecular weight is 379 g/mol. The molecule has 1 amide bonds. The van der Waals surface area contributed by atoms with Crippen LogP contribution in [0, 0.1) is 6.92 Å². The maximum atomic E-state index is 13.2. The number of hydrogen-bond donors (Lipinski definition) is 0. The molecule has 4 rings (SSSR count). The molecule has 0 unspecified atom stereocenters. The monoisotopic (exact) mass is 378 g/mol. The van der Waals surface area contributed by atoms with Gasteiger partial charge in [-0.2, -0.15) is 0 Å². The third-order valence-corrected chi connectivity index (χ3v) is 6.01. The van der Waals surface area contributed by atoms with Crippen molar-refractivity contribution in [1.29, 1.82) is 0 Å². The van der Waals surface area contributed by atoms with Crippen LogP contribution in [0.2, 0.25) is 0 Å². The Hall–Kier alpha value is -2.60. The molecule has 6 heteroatoms. The minimum atomic E-state index is -0.259. The molecule has 27 heavy (non-hydrogen) atoms. The summed E-state index contributed by atoms with van der Waals surface area (Å²) in [5.41, 5.74) is 4.44. The van der Waals surface area contributed by atoms with E-state index in [4.69, 9.17) is 0 Å². The summed E-state index contributed by atoms with van der Waals surface area (Å²) in [6.45, 7) is 6.10. The highest BCUT2D eigenvalue weighted by Crippen LogP contribution is 2.35. The smallest absolute Gasteiger partial charge is 0.240 e. The van der Waals surface area contributed by atoms with E-state index in [0.717, 1.165) is 28.5 Å². The first kappa shape index (κ1) is 17.8. The molecule has 2 aromatic carbocycles. The van der Waals surface area contributed by atoms with E-state index in [9.17, 15) is 4.79 Å². The van der Waals surface area contributed by atoms with Crippen LogP contribution in [-0.2, 0) is 11.2 Å². The maximum absolute atomic E-state index is 13.2. The molecule has 0 aliphatic carbocycles. The molecule has 1 aliphatic heterocycles. The van der Waals surface area contributed by atoms with Crippen LogP contribution in [0.4, 0.5) is 5.69 Å². The van der Waals surface area contributed by atoms with Crippen LogP contribution in [0.25, 0.3) is 5.69 Å². The fourth-order valence-corrected chi connectivity index (χ4v) is 4.49. The minimum absolute atomic E-state index is 0.108. The second-order valence-corrected chi connectivity index (χ2v) is 8.23. The van der Waals surface area contributed by atoms with Gasteiger partial charge in [-0.3, -0.25) is 9.36 Å². The van der Waals surface area contributed by atoms with Crippen molar-refractivity contribution >= 4 is 23.4 Å². The van der Waals surface area contributed by atoms with Crippen LogP contribution < -0.4 is 4.90 Å². The number of anilines is 1. The maximum Gasteiger partial charge on any atom is 0.240 e. The Morgan fingerprint density at radius 1 is 1.15 bits per heavy atom. The summed E-state index contributed by atoms with van der Waals surface area (Å²) in [4.78, 5) is 15.1. The first-order valence-corrected chi connectivity index (χ1v) is 9.98. The Labute approximate surface area is 163 Å². The van der Waals surface area contributed by atoms with Crippen molar-refractivity contribution in [3.63, 3.8) is 0 Å². The number of carbonyl (C=O) groups excluding carboxylic acids is 1. The molecular formula is C21H22N4OS. The van der Waals surface area contributed by atoms with Crippen LogP contribution in [0.5, 0.6) is 0 Å². The summed E-state index contributed by atoms with van der Waals surface area (Å²) < 4.78 is 1.95. The van der Waals surface area contributed by atoms with Gasteiger partial charge >= 0.3 is 0 Å². The van der Waals surface area contributed by atoms with Crippen molar-refractivity contribution < 1.29 is 4.79 Å². The van der Waals surface area contributed by atoms with Crippen molar-refractivity contribution in [2.24, 2.45) is 0 Å². The lowest BCUT2D eigenvalue weighted by Gasteiger charge is -2.25. The van der Waals surface area contributed by atoms with Crippen LogP contribution in [0.1, 0.15) is 25.0 Å². The highest BCUT2D eigenvalue weighted by atomic mass is 32.2. The number of benzene rings is 2. The normalized spacial score (nSPS) is 17.0. The number of aromatic nitrogens is 3. The standard InChI is InChI=1S/C21H22N4OS/c1-14-8-4-6-10-18(14)24-13-22-23-21(24)27-16(3)20(26)25-15(2)12-17-9-5-7-11-19(17)25/h4-11,13,15-16H,12H2,1-3H3/t15-,16+/m1/s1. The first-order valence-electron chi connectivity index (χ1n) is 9.10. The third-order valence-electron chi connectivity index (χ3n) is 4.97. The zero-order valence-corrected chi connectivity index (χ0v) is 16.5. The number of aryl methyl sites for hydroxylation is 1. The number of hydrogen-bond acceptors (Lipinski definition) is 4. The molecule has 3 aromatic rings. The second kappa shape index (κ2) is 7.19. The summed E-state index contributed by atoms with van der Waals surface area (Å²) in [7, 11) is 0. The summed E-state index contributed by atoms with van der Waals surface area (Å²) in [6.07, 6.45) is 2.61. The molecule has 0 spiro atoms. The molecule has 2 atom stereocenters. The van der Waals surface area contributed by atoms with Gasteiger partial charge in [-0.1, -0.05) is 48.2 Å². The van der Waals surface area contributed by atoms with E-state index < -0.39 is 0 Å². The van der Waals surface area contributed by atoms with Gasteiger partial charge in [0.2, 0.25) is 5.91 Å². The molecular weight excluding hydrogens is 356 g/mol. The first-order chi connectivity index (χ1) is 13.1. The lowest BCUT2D eigenvalue weighted by molar-refractivity contribution is -0.118. The Morgan fingerprint density at radius 2 is 1.85 bits per heavy atom. The molecule has 5 nitrogen and oxygen atoms in total. The van der Waals surface area contributed by atoms with Crippen molar-refractivity contribution in [1.82, 2.24) is 14.8 Å². The summed E-state index contributed by atoms with van der Waals surface area (Å²) in [5, 5.41) is 8.79. The number of para-hydroxylation sites is 2. The van der Waals surface area contributed by atoms with Crippen LogP contribution in [0.15, 0.2) is 60.0 Å². The fourth-order valence-electron chi connectivity index (χ4n) is 3.61. The van der Waals surface area contributed by atoms with Gasteiger partial charge in [-0.25, -0.2) is 0 Å². The lowest BCUT2D eigenvalue weighted by Crippen LogP contribution is -2.40. The fraction of sp³-hybridized carbons (Fsp3) is 0.286. The average Bonchev–Trinajstić information content (AvgIpc) is 3.24. The highest BCUT2D eigenvalue weighted by Gasteiger charge is 2.33. The second-order valence-electron chi connectivity index (χ2n) is 6.92. The van der Waals surface area contributed by atoms with Crippen molar-refractivity contribution in [3.05, 3.63) is 66.0 Å². The molecule has 1 aromatic heterocycles. The Bertz CT molecular complexity index is 984. The van der Waals surface area contributed by atoms with E-state index >= 15 is 0 Å². The molecule has 0 bridgehead atoms. The number of amides is 1. The van der Waals surface area contributed by atoms with Crippen LogP contribution in [-0.4, -0.2) is 32.0 Å². The van der Waals surface area contributed by atoms with Gasteiger partial charge in [0.25, 0.3) is 0 Å². The third kappa shape index (κ3) is 3.25. The lowest BCUT2D eigenvalue weighted by atomic mass is 10.1. The quantitative estimate of drug-likeness (QED) is 0.643. The van der Waals surface area contributed by atoms with Gasteiger partial charge in [-0.05, 0) is 50.5 Å². The summed E-state index contributed by atoms with van der Waals surface area (Å²) >= 11 is 1.45. The summed E-state index contributed by atoms with van der Waals surface area (Å²) in [6, 6.07) is 16.4. The number of rotatable bonds is 4. The van der Waals surface area contributed by atoms with Gasteiger partial charge in [-0.15, -0.1) is 10.2 Å². The molecule has 138 valence electrons. The van der Waals surface area contributed by atoms with E-state index in [1.807, 2.05) is 52.8 Å². The molecule has 0 saturated heterocycles. The van der Waals surface area contributed by atoms with Crippen LogP contribution >= 0.6 is 11.8 Å². The molecule has 0 N–H and O–H groups in total. The van der Waals surface area contributed by atoms with Crippen LogP contribution in [0.3, 0.4) is 0 Å². The SMILES string of the molecule is Cc1ccccc1-n1cnnc1S[C@@H](C)C(=O)N1c2ccccc2C[C@H]1C. The van der Waals surface area contributed by atoms with Gasteiger partial charge in [0.1, 0.15) is 6.33 Å². The topological polar surface area (TPSA) is 51.0 Å². The van der Waals surface area contributed by atoms with E-state index in [1.54, 1.807) is 6.33 Å². The molecule has 0 fully saturated rings. The molecule has 2 heterocycles. The number of thioether (sulfide) groups is 1. The van der Waals surface area contributed by atoms with E-state index in [-0.39, 0.29) is 17.2 Å². The highest BCUT2D eigenvalue weighted by molar-refractivity contribution is 8.00.